The van der Waals surface area contributed by atoms with Crippen molar-refractivity contribution < 1.29 is 22.8 Å². The average Bonchev–Trinajstić information content (AvgIpc) is 2.76. The van der Waals surface area contributed by atoms with Crippen LogP contribution in [0.3, 0.4) is 0 Å². The molecule has 152 valence electrons. The van der Waals surface area contributed by atoms with E-state index in [0.29, 0.717) is 33.0 Å². The number of fused-ring (bicyclic) bond motifs is 3. The van der Waals surface area contributed by atoms with Crippen molar-refractivity contribution in [2.24, 2.45) is 0 Å². The van der Waals surface area contributed by atoms with Crippen LogP contribution in [-0.4, -0.2) is 26.5 Å². The molecule has 0 bridgehead atoms. The van der Waals surface area contributed by atoms with E-state index in [2.05, 4.69) is 0 Å². The summed E-state index contributed by atoms with van der Waals surface area (Å²) in [5.74, 6) is -0.334. The molecule has 1 aliphatic rings. The van der Waals surface area contributed by atoms with Gasteiger partial charge < -0.3 is 0 Å². The Balaban J connectivity index is 1.55. The number of hydrogen-bond acceptors (Lipinski definition) is 2. The van der Waals surface area contributed by atoms with Gasteiger partial charge in [0.25, 0.3) is 0 Å². The fraction of sp³-hybridized carbons (Fsp3) is 0.0400. The van der Waals surface area contributed by atoms with Crippen molar-refractivity contribution in [3.63, 3.8) is 0 Å². The summed E-state index contributed by atoms with van der Waals surface area (Å²) in [6.45, 7) is 0. The third-order valence-electron chi connectivity index (χ3n) is 5.28. The van der Waals surface area contributed by atoms with Gasteiger partial charge in [-0.15, -0.1) is 0 Å². The van der Waals surface area contributed by atoms with E-state index in [1.807, 2.05) is 12.1 Å². The van der Waals surface area contributed by atoms with Crippen LogP contribution in [0.1, 0.15) is 37.4 Å². The van der Waals surface area contributed by atoms with E-state index in [1.54, 1.807) is 48.5 Å². The van der Waals surface area contributed by atoms with Gasteiger partial charge in [0.1, 0.15) is 0 Å². The topological polar surface area (TPSA) is 34.1 Å². The summed E-state index contributed by atoms with van der Waals surface area (Å²) in [4.78, 5) is 26.1. The normalized spacial score (nSPS) is 13.3. The van der Waals surface area contributed by atoms with Crippen LogP contribution >= 0.6 is 0 Å². The molecule has 0 saturated heterocycles. The number of carbonyl (C=O) groups excluding carboxylic acids is 2. The van der Waals surface area contributed by atoms with Crippen LogP contribution in [0.15, 0.2) is 78.9 Å². The number of ketones is 2. The van der Waals surface area contributed by atoms with E-state index in [1.165, 1.54) is 6.07 Å². The van der Waals surface area contributed by atoms with Gasteiger partial charge in [-0.2, -0.15) is 0 Å². The van der Waals surface area contributed by atoms with Crippen molar-refractivity contribution >= 4 is 46.2 Å². The number of benzene rings is 4. The summed E-state index contributed by atoms with van der Waals surface area (Å²) in [6.07, 6.45) is -4.39. The van der Waals surface area contributed by atoms with Gasteiger partial charge in [0.05, 0.1) is 0 Å². The second-order valence-electron chi connectivity index (χ2n) is 7.21. The molecule has 0 aromatic heterocycles. The number of rotatable bonds is 2. The van der Waals surface area contributed by atoms with E-state index >= 15 is 0 Å². The first-order chi connectivity index (χ1) is 14.8. The van der Waals surface area contributed by atoms with Gasteiger partial charge in [-0.1, -0.05) is 0 Å². The molecule has 1 aliphatic carbocycles. The SMILES string of the molecule is O=C1c2ccccc2C(=O)c2c([Se]c3ccc4cc(C(F)(F)F)ccc4c3)cccc21. The molecule has 2 nitrogen and oxygen atoms in total. The molecule has 0 heterocycles. The molecular weight excluding hydrogens is 468 g/mol. The summed E-state index contributed by atoms with van der Waals surface area (Å²) in [5.41, 5.74) is 0.966. The molecule has 0 N–H and O–H groups in total. The minimum absolute atomic E-state index is 0.166. The van der Waals surface area contributed by atoms with E-state index in [0.717, 1.165) is 21.1 Å². The van der Waals surface area contributed by atoms with Crippen molar-refractivity contribution in [1.29, 1.82) is 0 Å². The van der Waals surface area contributed by atoms with Gasteiger partial charge in [0, 0.05) is 0 Å². The van der Waals surface area contributed by atoms with Gasteiger partial charge in [0.15, 0.2) is 0 Å². The Morgan fingerprint density at radius 1 is 0.645 bits per heavy atom. The third kappa shape index (κ3) is 3.38. The van der Waals surface area contributed by atoms with Crippen LogP contribution < -0.4 is 8.92 Å². The second kappa shape index (κ2) is 7.19. The van der Waals surface area contributed by atoms with E-state index in [9.17, 15) is 22.8 Å². The maximum atomic E-state index is 13.2. The third-order valence-corrected chi connectivity index (χ3v) is 7.48. The molecule has 0 fully saturated rings. The summed E-state index contributed by atoms with van der Waals surface area (Å²) >= 11 is -0.301. The van der Waals surface area contributed by atoms with Crippen LogP contribution in [0.4, 0.5) is 13.2 Å². The fourth-order valence-corrected chi connectivity index (χ4v) is 5.94. The van der Waals surface area contributed by atoms with E-state index in [4.69, 9.17) is 0 Å². The molecule has 31 heavy (non-hydrogen) atoms. The van der Waals surface area contributed by atoms with E-state index < -0.39 is 11.7 Å². The first-order valence-electron chi connectivity index (χ1n) is 9.43. The van der Waals surface area contributed by atoms with Gasteiger partial charge in [0.2, 0.25) is 0 Å². The predicted molar refractivity (Wildman–Crippen MR) is 114 cm³/mol. The summed E-state index contributed by atoms with van der Waals surface area (Å²) in [6, 6.07) is 21.0. The van der Waals surface area contributed by atoms with Crippen molar-refractivity contribution in [2.45, 2.75) is 6.18 Å². The number of carbonyl (C=O) groups is 2. The van der Waals surface area contributed by atoms with Crippen LogP contribution in [0.5, 0.6) is 0 Å². The number of hydrogen-bond donors (Lipinski definition) is 0. The monoisotopic (exact) mass is 482 g/mol. The zero-order chi connectivity index (χ0) is 21.8. The fourth-order valence-electron chi connectivity index (χ4n) is 3.79. The molecule has 0 radical (unpaired) electrons. The molecule has 0 aliphatic heterocycles. The van der Waals surface area contributed by atoms with Gasteiger partial charge in [-0.25, -0.2) is 0 Å². The summed E-state index contributed by atoms with van der Waals surface area (Å²) in [5, 5.41) is 1.20. The van der Waals surface area contributed by atoms with Gasteiger partial charge in [-0.05, 0) is 0 Å². The van der Waals surface area contributed by atoms with Crippen molar-refractivity contribution in [3.8, 4) is 0 Å². The summed E-state index contributed by atoms with van der Waals surface area (Å²) in [7, 11) is 0. The zero-order valence-electron chi connectivity index (χ0n) is 15.9. The second-order valence-corrected chi connectivity index (χ2v) is 9.55. The molecule has 0 saturated carbocycles. The molecular formula is C25H13F3O2Se. The maximum absolute atomic E-state index is 13.2. The number of halogens is 3. The molecule has 4 aromatic rings. The molecule has 0 spiro atoms. The van der Waals surface area contributed by atoms with Crippen molar-refractivity contribution in [2.75, 3.05) is 0 Å². The predicted octanol–water partition coefficient (Wildman–Crippen LogP) is 4.29. The minimum atomic E-state index is -4.39. The molecule has 6 heteroatoms. The van der Waals surface area contributed by atoms with Crippen LogP contribution in [0.25, 0.3) is 10.8 Å². The first-order valence-corrected chi connectivity index (χ1v) is 11.1. The standard InChI is InChI=1S/C25H13F3O2Se/c26-25(27,28)16-10-8-15-13-17(11-9-14(15)12-16)31-21-7-3-6-20-22(21)24(30)19-5-2-1-4-18(19)23(20)29/h1-13H. The van der Waals surface area contributed by atoms with Crippen molar-refractivity contribution in [1.82, 2.24) is 0 Å². The Morgan fingerprint density at radius 2 is 1.29 bits per heavy atom. The van der Waals surface area contributed by atoms with Crippen molar-refractivity contribution in [3.05, 3.63) is 107 Å². The Hall–Kier alpha value is -3.21. The number of alkyl halides is 3. The quantitative estimate of drug-likeness (QED) is 0.353. The molecule has 0 unspecified atom stereocenters. The molecule has 0 amide bonds. The van der Waals surface area contributed by atoms with Crippen LogP contribution in [0.2, 0.25) is 0 Å². The first kappa shape index (κ1) is 19.7. The van der Waals surface area contributed by atoms with Crippen LogP contribution in [0, 0.1) is 0 Å². The summed E-state index contributed by atoms with van der Waals surface area (Å²) < 4.78 is 40.6. The zero-order valence-corrected chi connectivity index (χ0v) is 17.6. The Kier molecular flexibility index (Phi) is 4.58. The van der Waals surface area contributed by atoms with E-state index in [-0.39, 0.29) is 26.5 Å². The average molecular weight is 481 g/mol. The van der Waals surface area contributed by atoms with Crippen LogP contribution in [-0.2, 0) is 6.18 Å². The molecule has 0 atom stereocenters. The molecule has 5 rings (SSSR count). The Morgan fingerprint density at radius 3 is 2.03 bits per heavy atom. The van der Waals surface area contributed by atoms with Gasteiger partial charge >= 0.3 is 182 Å². The molecule has 4 aromatic carbocycles. The Labute approximate surface area is 181 Å². The van der Waals surface area contributed by atoms with Gasteiger partial charge in [-0.3, -0.25) is 0 Å². The Bertz CT molecular complexity index is 1390.